The summed E-state index contributed by atoms with van der Waals surface area (Å²) >= 11 is 3.13. The molecule has 0 radical (unpaired) electrons. The molecule has 7 nitrogen and oxygen atoms in total. The van der Waals surface area contributed by atoms with Gasteiger partial charge in [0, 0.05) is 5.75 Å². The van der Waals surface area contributed by atoms with Crippen LogP contribution in [0.5, 0.6) is 11.5 Å². The van der Waals surface area contributed by atoms with Crippen molar-refractivity contribution in [1.29, 1.82) is 0 Å². The van der Waals surface area contributed by atoms with Gasteiger partial charge in [-0.1, -0.05) is 23.1 Å². The molecule has 0 bridgehead atoms. The van der Waals surface area contributed by atoms with Gasteiger partial charge in [0.15, 0.2) is 4.34 Å². The van der Waals surface area contributed by atoms with Crippen molar-refractivity contribution in [3.63, 3.8) is 0 Å². The molecule has 0 aliphatic rings. The van der Waals surface area contributed by atoms with Crippen LogP contribution in [0.3, 0.4) is 0 Å². The number of hydrogen-bond acceptors (Lipinski definition) is 9. The number of rotatable bonds is 16. The number of hydrogen-bond donors (Lipinski definition) is 1. The highest BCUT2D eigenvalue weighted by Gasteiger charge is 2.28. The summed E-state index contributed by atoms with van der Waals surface area (Å²) in [4.78, 5) is 11.9. The maximum atomic E-state index is 11.9. The minimum atomic E-state index is -0.443. The average molecular weight is 482 g/mol. The first-order valence-electron chi connectivity index (χ1n) is 11.2. The van der Waals surface area contributed by atoms with Gasteiger partial charge in [-0.2, -0.15) is 0 Å². The number of aromatic nitrogens is 2. The lowest BCUT2D eigenvalue weighted by Gasteiger charge is -2.21. The number of esters is 1. The fraction of sp³-hybridized carbons (Fsp3) is 0.609. The smallest absolute Gasteiger partial charge is 0.311 e. The summed E-state index contributed by atoms with van der Waals surface area (Å²) in [5.74, 6) is 2.57. The molecule has 1 aromatic carbocycles. The zero-order valence-electron chi connectivity index (χ0n) is 19.3. The fourth-order valence-corrected chi connectivity index (χ4v) is 4.63. The van der Waals surface area contributed by atoms with E-state index >= 15 is 0 Å². The Balaban J connectivity index is 1.51. The van der Waals surface area contributed by atoms with Crippen LogP contribution in [0.4, 0.5) is 5.13 Å². The van der Waals surface area contributed by atoms with E-state index in [0.29, 0.717) is 25.0 Å². The minimum absolute atomic E-state index is 0.130. The lowest BCUT2D eigenvalue weighted by molar-refractivity contribution is -0.153. The standard InChI is InChI=1S/C23H35N3O4S2/c1-4-28-20(27)23(2,3)14-6-8-16-30-19-12-10-18(11-13-19)29-15-7-5-9-17-31-22-26-25-21(24)32-22/h10-13H,4-9,14-17H2,1-3H3,(H2,24,25). The van der Waals surface area contributed by atoms with Crippen molar-refractivity contribution < 1.29 is 19.0 Å². The molecule has 0 saturated carbocycles. The van der Waals surface area contributed by atoms with E-state index in [1.54, 1.807) is 11.8 Å². The molecule has 2 aromatic rings. The van der Waals surface area contributed by atoms with E-state index in [9.17, 15) is 4.79 Å². The van der Waals surface area contributed by atoms with Gasteiger partial charge in [0.1, 0.15) is 11.5 Å². The Hall–Kier alpha value is -2.00. The summed E-state index contributed by atoms with van der Waals surface area (Å²) in [7, 11) is 0. The Morgan fingerprint density at radius 1 is 1.00 bits per heavy atom. The molecule has 1 aromatic heterocycles. The van der Waals surface area contributed by atoms with Gasteiger partial charge < -0.3 is 19.9 Å². The van der Waals surface area contributed by atoms with Gasteiger partial charge in [-0.05, 0) is 83.6 Å². The van der Waals surface area contributed by atoms with Gasteiger partial charge in [0.05, 0.1) is 25.2 Å². The van der Waals surface area contributed by atoms with Crippen LogP contribution in [0, 0.1) is 5.41 Å². The predicted molar refractivity (Wildman–Crippen MR) is 131 cm³/mol. The third kappa shape index (κ3) is 10.1. The third-order valence-electron chi connectivity index (χ3n) is 4.82. The minimum Gasteiger partial charge on any atom is -0.494 e. The van der Waals surface area contributed by atoms with E-state index in [1.807, 2.05) is 45.0 Å². The summed E-state index contributed by atoms with van der Waals surface area (Å²) in [5.41, 5.74) is 5.13. The fourth-order valence-electron chi connectivity index (χ4n) is 2.93. The number of carbonyl (C=O) groups is 1. The van der Waals surface area contributed by atoms with Crippen LogP contribution in [0.2, 0.25) is 0 Å². The van der Waals surface area contributed by atoms with E-state index in [2.05, 4.69) is 10.2 Å². The lowest BCUT2D eigenvalue weighted by Crippen LogP contribution is -2.26. The first kappa shape index (κ1) is 26.3. The van der Waals surface area contributed by atoms with Gasteiger partial charge in [-0.25, -0.2) is 0 Å². The molecule has 0 atom stereocenters. The molecule has 0 saturated heterocycles. The van der Waals surface area contributed by atoms with Crippen LogP contribution in [-0.2, 0) is 9.53 Å². The quantitative estimate of drug-likeness (QED) is 0.188. The van der Waals surface area contributed by atoms with Crippen molar-refractivity contribution in [2.24, 2.45) is 5.41 Å². The zero-order valence-corrected chi connectivity index (χ0v) is 20.9. The van der Waals surface area contributed by atoms with Crippen LogP contribution in [0.25, 0.3) is 0 Å². The average Bonchev–Trinajstić information content (AvgIpc) is 3.19. The third-order valence-corrected chi connectivity index (χ3v) is 6.79. The molecule has 32 heavy (non-hydrogen) atoms. The summed E-state index contributed by atoms with van der Waals surface area (Å²) in [6, 6.07) is 7.74. The second kappa shape index (κ2) is 14.2. The maximum absolute atomic E-state index is 11.9. The van der Waals surface area contributed by atoms with Gasteiger partial charge in [0.25, 0.3) is 0 Å². The molecule has 1 heterocycles. The Kier molecular flexibility index (Phi) is 11.7. The van der Waals surface area contributed by atoms with Gasteiger partial charge in [-0.15, -0.1) is 10.2 Å². The number of nitrogen functional groups attached to an aromatic ring is 1. The molecule has 178 valence electrons. The normalized spacial score (nSPS) is 11.3. The van der Waals surface area contributed by atoms with E-state index in [0.717, 1.165) is 60.1 Å². The number of nitrogens with zero attached hydrogens (tertiary/aromatic N) is 2. The van der Waals surface area contributed by atoms with Crippen molar-refractivity contribution in [2.75, 3.05) is 31.3 Å². The maximum Gasteiger partial charge on any atom is 0.311 e. The van der Waals surface area contributed by atoms with E-state index in [-0.39, 0.29) is 5.97 Å². The molecule has 0 spiro atoms. The number of nitrogens with two attached hydrogens (primary N) is 1. The second-order valence-corrected chi connectivity index (χ2v) is 10.4. The number of ether oxygens (including phenoxy) is 3. The van der Waals surface area contributed by atoms with Crippen LogP contribution >= 0.6 is 23.1 Å². The topological polar surface area (TPSA) is 96.6 Å². The molecule has 9 heteroatoms. The van der Waals surface area contributed by atoms with Crippen LogP contribution < -0.4 is 15.2 Å². The van der Waals surface area contributed by atoms with Crippen molar-refractivity contribution in [3.8, 4) is 11.5 Å². The number of unbranched alkanes of at least 4 members (excludes halogenated alkanes) is 3. The largest absolute Gasteiger partial charge is 0.494 e. The molecule has 0 aliphatic carbocycles. The van der Waals surface area contributed by atoms with E-state index in [4.69, 9.17) is 19.9 Å². The Labute approximate surface area is 199 Å². The SMILES string of the molecule is CCOC(=O)C(C)(C)CCCCOc1ccc(OCCCCCSc2nnc(N)s2)cc1. The summed E-state index contributed by atoms with van der Waals surface area (Å²) < 4.78 is 17.7. The highest BCUT2D eigenvalue weighted by molar-refractivity contribution is 8.01. The highest BCUT2D eigenvalue weighted by atomic mass is 32.2. The number of thioether (sulfide) groups is 1. The molecular formula is C23H35N3O4S2. The molecule has 0 fully saturated rings. The molecular weight excluding hydrogens is 446 g/mol. The first-order chi connectivity index (χ1) is 15.4. The summed E-state index contributed by atoms with van der Waals surface area (Å²) in [6.07, 6.45) is 5.83. The van der Waals surface area contributed by atoms with Crippen molar-refractivity contribution in [3.05, 3.63) is 24.3 Å². The van der Waals surface area contributed by atoms with Crippen LogP contribution in [0.1, 0.15) is 59.3 Å². The summed E-state index contributed by atoms with van der Waals surface area (Å²) in [6.45, 7) is 7.45. The van der Waals surface area contributed by atoms with Crippen molar-refractivity contribution in [2.45, 2.75) is 63.6 Å². The number of carbonyl (C=O) groups excluding carboxylic acids is 1. The number of anilines is 1. The summed E-state index contributed by atoms with van der Waals surface area (Å²) in [5, 5.41) is 8.33. The Morgan fingerprint density at radius 3 is 2.19 bits per heavy atom. The highest BCUT2D eigenvalue weighted by Crippen LogP contribution is 2.26. The van der Waals surface area contributed by atoms with Gasteiger partial charge in [-0.3, -0.25) is 4.79 Å². The molecule has 0 amide bonds. The van der Waals surface area contributed by atoms with Gasteiger partial charge in [0.2, 0.25) is 5.13 Å². The molecule has 2 N–H and O–H groups in total. The Bertz CT molecular complexity index is 797. The van der Waals surface area contributed by atoms with E-state index < -0.39 is 5.41 Å². The van der Waals surface area contributed by atoms with E-state index in [1.165, 1.54) is 11.3 Å². The lowest BCUT2D eigenvalue weighted by atomic mass is 9.87. The Morgan fingerprint density at radius 2 is 1.62 bits per heavy atom. The molecule has 0 unspecified atom stereocenters. The van der Waals surface area contributed by atoms with Crippen LogP contribution in [-0.4, -0.2) is 41.7 Å². The van der Waals surface area contributed by atoms with Crippen LogP contribution in [0.15, 0.2) is 28.6 Å². The predicted octanol–water partition coefficient (Wildman–Crippen LogP) is 5.60. The van der Waals surface area contributed by atoms with Crippen molar-refractivity contribution >= 4 is 34.2 Å². The zero-order chi connectivity index (χ0) is 23.2. The number of benzene rings is 1. The second-order valence-electron chi connectivity index (χ2n) is 8.05. The first-order valence-corrected chi connectivity index (χ1v) is 13.0. The monoisotopic (exact) mass is 481 g/mol. The molecule has 0 aliphatic heterocycles. The van der Waals surface area contributed by atoms with Crippen molar-refractivity contribution in [1.82, 2.24) is 10.2 Å². The van der Waals surface area contributed by atoms with Gasteiger partial charge >= 0.3 is 5.97 Å². The molecule has 2 rings (SSSR count).